The van der Waals surface area contributed by atoms with Gasteiger partial charge in [0.05, 0.1) is 19.1 Å². The third-order valence-electron chi connectivity index (χ3n) is 5.15. The van der Waals surface area contributed by atoms with E-state index in [1.54, 1.807) is 49.4 Å². The van der Waals surface area contributed by atoms with Gasteiger partial charge in [0.1, 0.15) is 11.8 Å². The monoisotopic (exact) mass is 495 g/mol. The largest absolute Gasteiger partial charge is 0.497 e. The fourth-order valence-electron chi connectivity index (χ4n) is 3.39. The normalized spacial score (nSPS) is 12.0. The van der Waals surface area contributed by atoms with Crippen LogP contribution in [-0.2, 0) is 26.2 Å². The highest BCUT2D eigenvalue weighted by molar-refractivity contribution is 7.92. The molecule has 2 amide bonds. The third kappa shape index (κ3) is 7.64. The summed E-state index contributed by atoms with van der Waals surface area (Å²) in [5.74, 6) is -0.0194. The third-order valence-corrected chi connectivity index (χ3v) is 6.58. The SMILES string of the molecule is CNC(=O)[C@H](C)N(Cc1cccc(Cl)c1)C(=O)CCCN(c1cccc(OC)c1)S(C)(=O)=O. The quantitative estimate of drug-likeness (QED) is 0.517. The van der Waals surface area contributed by atoms with Crippen LogP contribution < -0.4 is 14.4 Å². The molecule has 1 N–H and O–H groups in total. The summed E-state index contributed by atoms with van der Waals surface area (Å²) in [5, 5.41) is 3.10. The van der Waals surface area contributed by atoms with Crippen LogP contribution in [0.15, 0.2) is 48.5 Å². The van der Waals surface area contributed by atoms with Crippen molar-refractivity contribution in [1.29, 1.82) is 0 Å². The highest BCUT2D eigenvalue weighted by Crippen LogP contribution is 2.24. The number of rotatable bonds is 11. The number of nitrogens with one attached hydrogen (secondary N) is 1. The number of hydrogen-bond donors (Lipinski definition) is 1. The van der Waals surface area contributed by atoms with Gasteiger partial charge in [0.25, 0.3) is 0 Å². The van der Waals surface area contributed by atoms with Gasteiger partial charge in [-0.25, -0.2) is 8.42 Å². The molecule has 10 heteroatoms. The van der Waals surface area contributed by atoms with E-state index in [0.717, 1.165) is 11.8 Å². The lowest BCUT2D eigenvalue weighted by Crippen LogP contribution is -2.46. The molecule has 0 spiro atoms. The zero-order valence-corrected chi connectivity index (χ0v) is 20.8. The van der Waals surface area contributed by atoms with Crippen molar-refractivity contribution in [2.45, 2.75) is 32.4 Å². The lowest BCUT2D eigenvalue weighted by Gasteiger charge is -2.29. The van der Waals surface area contributed by atoms with Gasteiger partial charge in [-0.3, -0.25) is 13.9 Å². The van der Waals surface area contributed by atoms with Gasteiger partial charge in [-0.2, -0.15) is 0 Å². The lowest BCUT2D eigenvalue weighted by molar-refractivity contribution is -0.140. The molecule has 0 heterocycles. The van der Waals surface area contributed by atoms with E-state index in [1.165, 1.54) is 23.4 Å². The highest BCUT2D eigenvalue weighted by Gasteiger charge is 2.26. The number of amides is 2. The second kappa shape index (κ2) is 11.9. The van der Waals surface area contributed by atoms with Crippen LogP contribution in [0.1, 0.15) is 25.3 Å². The molecular formula is C23H30ClN3O5S. The van der Waals surface area contributed by atoms with Gasteiger partial charge >= 0.3 is 0 Å². The molecule has 0 aliphatic rings. The number of halogens is 1. The van der Waals surface area contributed by atoms with Gasteiger partial charge in [0.2, 0.25) is 21.8 Å². The smallest absolute Gasteiger partial charge is 0.242 e. The predicted octanol–water partition coefficient (Wildman–Crippen LogP) is 3.06. The van der Waals surface area contributed by atoms with Crippen molar-refractivity contribution in [2.75, 3.05) is 31.3 Å². The summed E-state index contributed by atoms with van der Waals surface area (Å²) in [5.41, 5.74) is 1.25. The summed E-state index contributed by atoms with van der Waals surface area (Å²) < 4.78 is 31.2. The fourth-order valence-corrected chi connectivity index (χ4v) is 4.56. The number of sulfonamides is 1. The van der Waals surface area contributed by atoms with Crippen molar-refractivity contribution in [1.82, 2.24) is 10.2 Å². The maximum Gasteiger partial charge on any atom is 0.242 e. The number of nitrogens with zero attached hydrogens (tertiary/aromatic N) is 2. The number of anilines is 1. The molecule has 1 atom stereocenters. The number of likely N-dealkylation sites (N-methyl/N-ethyl adjacent to an activating group) is 1. The Morgan fingerprint density at radius 2 is 1.85 bits per heavy atom. The number of methoxy groups -OCH3 is 1. The number of ether oxygens (including phenoxy) is 1. The second-order valence-corrected chi connectivity index (χ2v) is 9.93. The minimum Gasteiger partial charge on any atom is -0.497 e. The van der Waals surface area contributed by atoms with E-state index in [-0.39, 0.29) is 37.7 Å². The van der Waals surface area contributed by atoms with Gasteiger partial charge in [-0.1, -0.05) is 29.8 Å². The molecule has 0 fully saturated rings. The van der Waals surface area contributed by atoms with Gasteiger partial charge in [0, 0.05) is 37.6 Å². The Balaban J connectivity index is 2.15. The summed E-state index contributed by atoms with van der Waals surface area (Å²) in [6.07, 6.45) is 1.46. The lowest BCUT2D eigenvalue weighted by atomic mass is 10.1. The van der Waals surface area contributed by atoms with E-state index in [2.05, 4.69) is 5.32 Å². The van der Waals surface area contributed by atoms with E-state index in [0.29, 0.717) is 16.5 Å². The first-order chi connectivity index (χ1) is 15.6. The Hall–Kier alpha value is -2.78. The van der Waals surface area contributed by atoms with Gasteiger partial charge in [-0.05, 0) is 43.2 Å². The maximum absolute atomic E-state index is 13.1. The maximum atomic E-state index is 13.1. The van der Waals surface area contributed by atoms with Crippen LogP contribution in [0.3, 0.4) is 0 Å². The Morgan fingerprint density at radius 1 is 1.15 bits per heavy atom. The molecule has 0 saturated carbocycles. The molecule has 0 saturated heterocycles. The first kappa shape index (κ1) is 26.5. The van der Waals surface area contributed by atoms with Crippen LogP contribution in [0.5, 0.6) is 5.75 Å². The van der Waals surface area contributed by atoms with Crippen LogP contribution >= 0.6 is 11.6 Å². The molecule has 33 heavy (non-hydrogen) atoms. The van der Waals surface area contributed by atoms with Crippen molar-refractivity contribution in [3.63, 3.8) is 0 Å². The molecule has 2 rings (SSSR count). The van der Waals surface area contributed by atoms with Crippen LogP contribution in [0.2, 0.25) is 5.02 Å². The molecule has 0 unspecified atom stereocenters. The topological polar surface area (TPSA) is 96.0 Å². The summed E-state index contributed by atoms with van der Waals surface area (Å²) in [6.45, 7) is 1.97. The molecule has 0 bridgehead atoms. The van der Waals surface area contributed by atoms with Crippen molar-refractivity contribution in [3.8, 4) is 5.75 Å². The minimum absolute atomic E-state index is 0.0673. The highest BCUT2D eigenvalue weighted by atomic mass is 35.5. The molecular weight excluding hydrogens is 466 g/mol. The molecule has 0 aliphatic carbocycles. The van der Waals surface area contributed by atoms with Crippen LogP contribution in [0.4, 0.5) is 5.69 Å². The zero-order chi connectivity index (χ0) is 24.6. The van der Waals surface area contributed by atoms with Gasteiger partial charge < -0.3 is 15.0 Å². The zero-order valence-electron chi connectivity index (χ0n) is 19.2. The summed E-state index contributed by atoms with van der Waals surface area (Å²) in [4.78, 5) is 26.8. The Kier molecular flexibility index (Phi) is 9.55. The number of carbonyl (C=O) groups is 2. The molecule has 180 valence electrons. The van der Waals surface area contributed by atoms with Crippen LogP contribution in [-0.4, -0.2) is 58.1 Å². The Labute approximate surface area is 200 Å². The van der Waals surface area contributed by atoms with Crippen molar-refractivity contribution in [3.05, 3.63) is 59.1 Å². The fraction of sp³-hybridized carbons (Fsp3) is 0.391. The van der Waals surface area contributed by atoms with Crippen LogP contribution in [0.25, 0.3) is 0 Å². The number of hydrogen-bond acceptors (Lipinski definition) is 5. The van der Waals surface area contributed by atoms with E-state index in [1.807, 2.05) is 6.07 Å². The second-order valence-electron chi connectivity index (χ2n) is 7.58. The first-order valence-electron chi connectivity index (χ1n) is 10.4. The van der Waals surface area contributed by atoms with Crippen LogP contribution in [0, 0.1) is 0 Å². The summed E-state index contributed by atoms with van der Waals surface area (Å²) in [6, 6.07) is 13.1. The van der Waals surface area contributed by atoms with E-state index in [9.17, 15) is 18.0 Å². The summed E-state index contributed by atoms with van der Waals surface area (Å²) >= 11 is 6.06. The van der Waals surface area contributed by atoms with Crippen molar-refractivity contribution >= 4 is 39.1 Å². The molecule has 2 aromatic carbocycles. The Morgan fingerprint density at radius 3 is 2.45 bits per heavy atom. The summed E-state index contributed by atoms with van der Waals surface area (Å²) in [7, 11) is -0.557. The van der Waals surface area contributed by atoms with Crippen molar-refractivity contribution in [2.24, 2.45) is 0 Å². The molecule has 8 nitrogen and oxygen atoms in total. The molecule has 2 aromatic rings. The van der Waals surface area contributed by atoms with E-state index in [4.69, 9.17) is 16.3 Å². The van der Waals surface area contributed by atoms with E-state index >= 15 is 0 Å². The number of benzene rings is 2. The average Bonchev–Trinajstić information content (AvgIpc) is 2.78. The van der Waals surface area contributed by atoms with Gasteiger partial charge in [0.15, 0.2) is 0 Å². The van der Waals surface area contributed by atoms with Crippen molar-refractivity contribution < 1.29 is 22.7 Å². The standard InChI is InChI=1S/C23H30ClN3O5S/c1-17(23(29)25-2)26(16-18-8-5-9-19(24)14-18)22(28)12-7-13-27(33(4,30)31)20-10-6-11-21(15-20)32-3/h5-6,8-11,14-15,17H,7,12-13,16H2,1-4H3,(H,25,29)/t17-/m0/s1. The average molecular weight is 496 g/mol. The Bertz CT molecular complexity index is 1080. The molecule has 0 aliphatic heterocycles. The predicted molar refractivity (Wildman–Crippen MR) is 130 cm³/mol. The molecule has 0 radical (unpaired) electrons. The first-order valence-corrected chi connectivity index (χ1v) is 12.7. The van der Waals surface area contributed by atoms with E-state index < -0.39 is 16.1 Å². The number of carbonyl (C=O) groups excluding carboxylic acids is 2. The molecule has 0 aromatic heterocycles. The van der Waals surface area contributed by atoms with Gasteiger partial charge in [-0.15, -0.1) is 0 Å². The minimum atomic E-state index is -3.57.